The number of carbonyl (C=O) groups is 2. The van der Waals surface area contributed by atoms with Crippen LogP contribution in [0, 0.1) is 11.6 Å². The predicted octanol–water partition coefficient (Wildman–Crippen LogP) is 2.67. The summed E-state index contributed by atoms with van der Waals surface area (Å²) in [5, 5.41) is 2.48. The van der Waals surface area contributed by atoms with Gasteiger partial charge in [0.25, 0.3) is 0 Å². The molecule has 0 saturated carbocycles. The van der Waals surface area contributed by atoms with Crippen LogP contribution in [0.2, 0.25) is 0 Å². The summed E-state index contributed by atoms with van der Waals surface area (Å²) in [4.78, 5) is 26.3. The number of rotatable bonds is 10. The number of nitrogens with zero attached hydrogens (tertiary/aromatic N) is 2. The maximum absolute atomic E-state index is 14.1. The van der Waals surface area contributed by atoms with Crippen LogP contribution >= 0.6 is 0 Å². The summed E-state index contributed by atoms with van der Waals surface area (Å²) in [6, 6.07) is 10.1. The van der Waals surface area contributed by atoms with Gasteiger partial charge in [0.1, 0.15) is 17.7 Å². The van der Waals surface area contributed by atoms with Crippen molar-refractivity contribution in [1.82, 2.24) is 10.2 Å². The highest BCUT2D eigenvalue weighted by molar-refractivity contribution is 7.92. The minimum absolute atomic E-state index is 0.0158. The summed E-state index contributed by atoms with van der Waals surface area (Å²) < 4.78 is 52.8. The minimum atomic E-state index is -3.66. The third-order valence-corrected chi connectivity index (χ3v) is 6.17. The van der Waals surface area contributed by atoms with E-state index in [2.05, 4.69) is 5.32 Å². The van der Waals surface area contributed by atoms with E-state index in [0.717, 1.165) is 22.7 Å². The quantitative estimate of drug-likeness (QED) is 0.582. The van der Waals surface area contributed by atoms with E-state index >= 15 is 0 Å². The Labute approximate surface area is 187 Å². The fourth-order valence-electron chi connectivity index (χ4n) is 3.21. The van der Waals surface area contributed by atoms with Crippen LogP contribution in [-0.4, -0.2) is 51.0 Å². The number of hydrogen-bond donors (Lipinski definition) is 1. The van der Waals surface area contributed by atoms with Gasteiger partial charge in [-0.15, -0.1) is 0 Å². The van der Waals surface area contributed by atoms with Gasteiger partial charge >= 0.3 is 0 Å². The molecule has 2 aromatic carbocycles. The number of anilines is 1. The highest BCUT2D eigenvalue weighted by Gasteiger charge is 2.26. The second-order valence-electron chi connectivity index (χ2n) is 7.32. The zero-order chi connectivity index (χ0) is 23.9. The smallest absolute Gasteiger partial charge is 0.242 e. The Kier molecular flexibility index (Phi) is 8.71. The lowest BCUT2D eigenvalue weighted by atomic mass is 10.1. The summed E-state index contributed by atoms with van der Waals surface area (Å²) >= 11 is 0. The van der Waals surface area contributed by atoms with Crippen molar-refractivity contribution in [2.24, 2.45) is 0 Å². The van der Waals surface area contributed by atoms with Crippen LogP contribution in [0.25, 0.3) is 0 Å². The zero-order valence-electron chi connectivity index (χ0n) is 18.2. The molecule has 2 rings (SSSR count). The van der Waals surface area contributed by atoms with Gasteiger partial charge in [0.2, 0.25) is 21.8 Å². The van der Waals surface area contributed by atoms with Gasteiger partial charge in [0.15, 0.2) is 0 Å². The third kappa shape index (κ3) is 6.74. The van der Waals surface area contributed by atoms with Crippen molar-refractivity contribution in [3.05, 3.63) is 65.7 Å². The Bertz CT molecular complexity index is 1050. The first-order chi connectivity index (χ1) is 15.0. The molecule has 0 saturated heterocycles. The van der Waals surface area contributed by atoms with Crippen LogP contribution in [0.3, 0.4) is 0 Å². The Balaban J connectivity index is 2.14. The molecule has 0 aliphatic heterocycles. The van der Waals surface area contributed by atoms with Gasteiger partial charge in [0.05, 0.1) is 11.9 Å². The monoisotopic (exact) mass is 467 g/mol. The molecule has 0 aliphatic rings. The molecule has 0 aliphatic carbocycles. The lowest BCUT2D eigenvalue weighted by Crippen LogP contribution is -2.47. The summed E-state index contributed by atoms with van der Waals surface area (Å²) in [5.74, 6) is -1.81. The van der Waals surface area contributed by atoms with Crippen molar-refractivity contribution in [1.29, 1.82) is 0 Å². The van der Waals surface area contributed by atoms with E-state index in [4.69, 9.17) is 0 Å². The molecule has 1 unspecified atom stereocenters. The minimum Gasteiger partial charge on any atom is -0.357 e. The van der Waals surface area contributed by atoms with Gasteiger partial charge in [0, 0.05) is 32.1 Å². The average molecular weight is 468 g/mol. The second-order valence-corrected chi connectivity index (χ2v) is 9.23. The number of hydrogen-bond acceptors (Lipinski definition) is 4. The molecule has 0 bridgehead atoms. The van der Waals surface area contributed by atoms with E-state index in [1.165, 1.54) is 42.3 Å². The summed E-state index contributed by atoms with van der Waals surface area (Å²) in [7, 11) is -2.22. The topological polar surface area (TPSA) is 86.8 Å². The highest BCUT2D eigenvalue weighted by Crippen LogP contribution is 2.20. The van der Waals surface area contributed by atoms with Crippen molar-refractivity contribution in [2.75, 3.05) is 24.2 Å². The molecule has 32 heavy (non-hydrogen) atoms. The summed E-state index contributed by atoms with van der Waals surface area (Å²) in [6.45, 7) is 1.42. The SMILES string of the molecule is CNC(=O)C(C)N(Cc1ccccc1F)C(=O)CCCN(c1ccc(F)cc1)S(C)(=O)=O. The first-order valence-corrected chi connectivity index (χ1v) is 11.9. The number of likely N-dealkylation sites (N-methyl/N-ethyl adjacent to an activating group) is 1. The molecule has 10 heteroatoms. The molecule has 0 aromatic heterocycles. The molecule has 0 fully saturated rings. The predicted molar refractivity (Wildman–Crippen MR) is 118 cm³/mol. The number of sulfonamides is 1. The van der Waals surface area contributed by atoms with E-state index in [9.17, 15) is 26.8 Å². The molecule has 0 spiro atoms. The van der Waals surface area contributed by atoms with Gasteiger partial charge in [-0.1, -0.05) is 18.2 Å². The molecular weight excluding hydrogens is 440 g/mol. The summed E-state index contributed by atoms with van der Waals surface area (Å²) in [6.07, 6.45) is 1.11. The first-order valence-electron chi connectivity index (χ1n) is 10.0. The largest absolute Gasteiger partial charge is 0.357 e. The Morgan fingerprint density at radius 2 is 1.69 bits per heavy atom. The maximum atomic E-state index is 14.1. The maximum Gasteiger partial charge on any atom is 0.242 e. The normalized spacial score (nSPS) is 12.2. The van der Waals surface area contributed by atoms with Crippen LogP contribution in [0.5, 0.6) is 0 Å². The van der Waals surface area contributed by atoms with E-state index in [1.807, 2.05) is 0 Å². The molecule has 2 aromatic rings. The molecular formula is C22H27F2N3O4S. The first kappa shape index (κ1) is 25.3. The lowest BCUT2D eigenvalue weighted by Gasteiger charge is -2.29. The number of amides is 2. The second kappa shape index (κ2) is 11.0. The molecule has 1 N–H and O–H groups in total. The molecule has 0 heterocycles. The Morgan fingerprint density at radius 1 is 1.06 bits per heavy atom. The molecule has 1 atom stereocenters. The van der Waals surface area contributed by atoms with Crippen molar-refractivity contribution < 1.29 is 26.8 Å². The number of carbonyl (C=O) groups excluding carboxylic acids is 2. The van der Waals surface area contributed by atoms with Crippen LogP contribution in [0.1, 0.15) is 25.3 Å². The van der Waals surface area contributed by atoms with Crippen LogP contribution in [0.4, 0.5) is 14.5 Å². The third-order valence-electron chi connectivity index (χ3n) is 4.98. The van der Waals surface area contributed by atoms with Gasteiger partial charge in [-0.2, -0.15) is 0 Å². The lowest BCUT2D eigenvalue weighted by molar-refractivity contribution is -0.140. The van der Waals surface area contributed by atoms with E-state index in [0.29, 0.717) is 0 Å². The standard InChI is InChI=1S/C22H27F2N3O4S/c1-16(22(29)25-2)26(15-17-7-4-5-8-20(17)24)21(28)9-6-14-27(32(3,30)31)19-12-10-18(23)11-13-19/h4-5,7-8,10-13,16H,6,9,14-15H2,1-3H3,(H,25,29). The average Bonchev–Trinajstić information content (AvgIpc) is 2.75. The highest BCUT2D eigenvalue weighted by atomic mass is 32.2. The van der Waals surface area contributed by atoms with Crippen LogP contribution < -0.4 is 9.62 Å². The number of nitrogens with one attached hydrogen (secondary N) is 1. The van der Waals surface area contributed by atoms with E-state index in [-0.39, 0.29) is 37.2 Å². The van der Waals surface area contributed by atoms with Crippen LogP contribution in [-0.2, 0) is 26.2 Å². The fraction of sp³-hybridized carbons (Fsp3) is 0.364. The molecule has 174 valence electrons. The summed E-state index contributed by atoms with van der Waals surface area (Å²) in [5.41, 5.74) is 0.545. The van der Waals surface area contributed by atoms with Crippen LogP contribution in [0.15, 0.2) is 48.5 Å². The van der Waals surface area contributed by atoms with Crippen molar-refractivity contribution in [3.63, 3.8) is 0 Å². The molecule has 2 amide bonds. The zero-order valence-corrected chi connectivity index (χ0v) is 19.0. The Morgan fingerprint density at radius 3 is 2.25 bits per heavy atom. The number of benzene rings is 2. The van der Waals surface area contributed by atoms with E-state index < -0.39 is 39.5 Å². The Hall–Kier alpha value is -3.01. The molecule has 7 nitrogen and oxygen atoms in total. The number of halogens is 2. The van der Waals surface area contributed by atoms with Crippen molar-refractivity contribution in [3.8, 4) is 0 Å². The van der Waals surface area contributed by atoms with Crippen molar-refractivity contribution in [2.45, 2.75) is 32.4 Å². The van der Waals surface area contributed by atoms with Gasteiger partial charge in [-0.05, 0) is 43.7 Å². The molecule has 0 radical (unpaired) electrons. The fourth-order valence-corrected chi connectivity index (χ4v) is 4.18. The van der Waals surface area contributed by atoms with Gasteiger partial charge in [-0.25, -0.2) is 17.2 Å². The van der Waals surface area contributed by atoms with Gasteiger partial charge in [-0.3, -0.25) is 13.9 Å². The van der Waals surface area contributed by atoms with E-state index in [1.54, 1.807) is 13.0 Å². The van der Waals surface area contributed by atoms with Gasteiger partial charge < -0.3 is 10.2 Å². The van der Waals surface area contributed by atoms with Crippen molar-refractivity contribution >= 4 is 27.5 Å².